The maximum atomic E-state index is 13.7. The Hall–Kier alpha value is -1.05. The highest BCUT2D eigenvalue weighted by molar-refractivity contribution is 7.89. The molecule has 1 atom stereocenters. The van der Waals surface area contributed by atoms with Gasteiger partial charge in [0.25, 0.3) is 0 Å². The van der Waals surface area contributed by atoms with Crippen molar-refractivity contribution in [2.75, 3.05) is 13.1 Å². The van der Waals surface area contributed by atoms with E-state index < -0.39 is 32.6 Å². The van der Waals surface area contributed by atoms with Crippen LogP contribution in [0.2, 0.25) is 0 Å². The molecule has 1 aromatic carbocycles. The van der Waals surface area contributed by atoms with Crippen molar-refractivity contribution < 1.29 is 17.2 Å². The van der Waals surface area contributed by atoms with E-state index >= 15 is 0 Å². The molecule has 1 aliphatic heterocycles. The van der Waals surface area contributed by atoms with Crippen LogP contribution in [0.15, 0.2) is 23.1 Å². The van der Waals surface area contributed by atoms with E-state index in [1.54, 1.807) is 0 Å². The number of halogens is 2. The van der Waals surface area contributed by atoms with E-state index in [1.165, 1.54) is 0 Å². The lowest BCUT2D eigenvalue weighted by atomic mass is 10.1. The third-order valence-corrected chi connectivity index (χ3v) is 5.33. The molecule has 2 N–H and O–H groups in total. The van der Waals surface area contributed by atoms with Gasteiger partial charge in [0.05, 0.1) is 0 Å². The number of piperidine rings is 1. The Morgan fingerprint density at radius 3 is 2.47 bits per heavy atom. The van der Waals surface area contributed by atoms with Crippen molar-refractivity contribution in [3.8, 4) is 0 Å². The van der Waals surface area contributed by atoms with Crippen molar-refractivity contribution in [1.29, 1.82) is 0 Å². The van der Waals surface area contributed by atoms with Gasteiger partial charge in [0.2, 0.25) is 10.0 Å². The molecule has 1 saturated heterocycles. The summed E-state index contributed by atoms with van der Waals surface area (Å²) in [5, 5.41) is 0. The molecule has 0 aliphatic carbocycles. The Bertz CT molecular complexity index is 543. The van der Waals surface area contributed by atoms with Crippen LogP contribution < -0.4 is 5.73 Å². The minimum atomic E-state index is -4.18. The van der Waals surface area contributed by atoms with Crippen LogP contribution in [0.5, 0.6) is 0 Å². The van der Waals surface area contributed by atoms with Gasteiger partial charge in [-0.15, -0.1) is 0 Å². The average Bonchev–Trinajstić information content (AvgIpc) is 2.38. The summed E-state index contributed by atoms with van der Waals surface area (Å²) in [6.45, 7) is 0.396. The van der Waals surface area contributed by atoms with E-state index in [9.17, 15) is 17.2 Å². The van der Waals surface area contributed by atoms with Crippen molar-refractivity contribution in [3.05, 3.63) is 29.8 Å². The minimum Gasteiger partial charge on any atom is -0.329 e. The van der Waals surface area contributed by atoms with Gasteiger partial charge in [0.15, 0.2) is 4.90 Å². The number of hydrogen-bond acceptors (Lipinski definition) is 3. The largest absolute Gasteiger partial charge is 0.329 e. The third-order valence-electron chi connectivity index (χ3n) is 3.33. The maximum absolute atomic E-state index is 13.7. The molecule has 4 nitrogen and oxygen atoms in total. The zero-order valence-corrected chi connectivity index (χ0v) is 11.2. The number of sulfonamides is 1. The second-order valence-corrected chi connectivity index (χ2v) is 6.38. The number of nitrogens with zero attached hydrogens (tertiary/aromatic N) is 1. The lowest BCUT2D eigenvalue weighted by Crippen LogP contribution is -2.47. The quantitative estimate of drug-likeness (QED) is 0.917. The average molecular weight is 290 g/mol. The van der Waals surface area contributed by atoms with Crippen molar-refractivity contribution >= 4 is 10.0 Å². The SMILES string of the molecule is NCC1CCCCN1S(=O)(=O)c1c(F)cccc1F. The van der Waals surface area contributed by atoms with Gasteiger partial charge in [0, 0.05) is 19.1 Å². The van der Waals surface area contributed by atoms with Gasteiger partial charge >= 0.3 is 0 Å². The van der Waals surface area contributed by atoms with Crippen LogP contribution in [-0.2, 0) is 10.0 Å². The van der Waals surface area contributed by atoms with E-state index in [4.69, 9.17) is 5.73 Å². The molecule has 1 unspecified atom stereocenters. The van der Waals surface area contributed by atoms with Gasteiger partial charge in [0.1, 0.15) is 11.6 Å². The van der Waals surface area contributed by atoms with Crippen LogP contribution in [-0.4, -0.2) is 31.9 Å². The Labute approximate surface area is 111 Å². The second-order valence-electron chi connectivity index (χ2n) is 4.55. The molecular formula is C12H16F2N2O2S. The lowest BCUT2D eigenvalue weighted by molar-refractivity contribution is 0.256. The van der Waals surface area contributed by atoms with Gasteiger partial charge < -0.3 is 5.73 Å². The molecule has 2 rings (SSSR count). The summed E-state index contributed by atoms with van der Waals surface area (Å²) in [5.41, 5.74) is 5.55. The minimum absolute atomic E-state index is 0.148. The molecule has 0 bridgehead atoms. The van der Waals surface area contributed by atoms with Gasteiger partial charge in [-0.3, -0.25) is 0 Å². The van der Waals surface area contributed by atoms with Gasteiger partial charge in [-0.05, 0) is 25.0 Å². The van der Waals surface area contributed by atoms with Crippen LogP contribution in [0.1, 0.15) is 19.3 Å². The molecule has 0 spiro atoms. The van der Waals surface area contributed by atoms with Crippen molar-refractivity contribution in [1.82, 2.24) is 4.31 Å². The molecule has 0 aromatic heterocycles. The standard InChI is InChI=1S/C12H16F2N2O2S/c13-10-5-3-6-11(14)12(10)19(17,18)16-7-2-1-4-9(16)8-15/h3,5-6,9H,1-2,4,7-8,15H2. The Morgan fingerprint density at radius 1 is 1.26 bits per heavy atom. The van der Waals surface area contributed by atoms with Crippen molar-refractivity contribution in [2.45, 2.75) is 30.2 Å². The fourth-order valence-electron chi connectivity index (χ4n) is 2.37. The summed E-state index contributed by atoms with van der Waals surface area (Å²) in [7, 11) is -4.18. The Morgan fingerprint density at radius 2 is 1.89 bits per heavy atom. The molecular weight excluding hydrogens is 274 g/mol. The second kappa shape index (κ2) is 5.52. The Balaban J connectivity index is 2.47. The first-order valence-corrected chi connectivity index (χ1v) is 7.58. The molecule has 1 fully saturated rings. The Kier molecular flexibility index (Phi) is 4.17. The molecule has 0 saturated carbocycles. The summed E-state index contributed by atoms with van der Waals surface area (Å²) < 4.78 is 53.2. The number of nitrogens with two attached hydrogens (primary N) is 1. The summed E-state index contributed by atoms with van der Waals surface area (Å²) in [5.74, 6) is -2.14. The van der Waals surface area contributed by atoms with Crippen molar-refractivity contribution in [2.24, 2.45) is 5.73 Å². The first-order valence-electron chi connectivity index (χ1n) is 6.14. The first kappa shape index (κ1) is 14.4. The van der Waals surface area contributed by atoms with Crippen LogP contribution in [0.25, 0.3) is 0 Å². The topological polar surface area (TPSA) is 63.4 Å². The van der Waals surface area contributed by atoms with Gasteiger partial charge in [-0.25, -0.2) is 17.2 Å². The normalized spacial score (nSPS) is 21.5. The number of benzene rings is 1. The zero-order valence-electron chi connectivity index (χ0n) is 10.4. The van der Waals surface area contributed by atoms with Gasteiger partial charge in [-0.2, -0.15) is 4.31 Å². The molecule has 106 valence electrons. The molecule has 7 heteroatoms. The fraction of sp³-hybridized carbons (Fsp3) is 0.500. The monoisotopic (exact) mass is 290 g/mol. The summed E-state index contributed by atoms with van der Waals surface area (Å²) in [6, 6.07) is 2.63. The smallest absolute Gasteiger partial charge is 0.249 e. The number of hydrogen-bond donors (Lipinski definition) is 1. The van der Waals surface area contributed by atoms with Crippen LogP contribution in [0.4, 0.5) is 8.78 Å². The van der Waals surface area contributed by atoms with Crippen LogP contribution in [0, 0.1) is 11.6 Å². The zero-order chi connectivity index (χ0) is 14.0. The molecule has 1 aromatic rings. The molecule has 1 heterocycles. The van der Waals surface area contributed by atoms with E-state index in [2.05, 4.69) is 0 Å². The van der Waals surface area contributed by atoms with E-state index in [0.717, 1.165) is 28.9 Å². The van der Waals surface area contributed by atoms with Gasteiger partial charge in [-0.1, -0.05) is 12.5 Å². The number of rotatable bonds is 3. The van der Waals surface area contributed by atoms with E-state index in [1.807, 2.05) is 0 Å². The predicted molar refractivity (Wildman–Crippen MR) is 66.9 cm³/mol. The van der Waals surface area contributed by atoms with E-state index in [-0.39, 0.29) is 13.1 Å². The third kappa shape index (κ3) is 2.63. The van der Waals surface area contributed by atoms with E-state index in [0.29, 0.717) is 12.8 Å². The van der Waals surface area contributed by atoms with Crippen LogP contribution >= 0.6 is 0 Å². The maximum Gasteiger partial charge on any atom is 0.249 e. The van der Waals surface area contributed by atoms with Crippen molar-refractivity contribution in [3.63, 3.8) is 0 Å². The predicted octanol–water partition coefficient (Wildman–Crippen LogP) is 1.47. The fourth-order valence-corrected chi connectivity index (χ4v) is 4.19. The highest BCUT2D eigenvalue weighted by Crippen LogP contribution is 2.28. The molecule has 0 amide bonds. The highest BCUT2D eigenvalue weighted by atomic mass is 32.2. The molecule has 0 radical (unpaired) electrons. The summed E-state index contributed by atoms with van der Waals surface area (Å²) in [4.78, 5) is -0.879. The molecule has 1 aliphatic rings. The highest BCUT2D eigenvalue weighted by Gasteiger charge is 2.36. The summed E-state index contributed by atoms with van der Waals surface area (Å²) in [6.07, 6.45) is 2.16. The van der Waals surface area contributed by atoms with Crippen LogP contribution in [0.3, 0.4) is 0 Å². The molecule has 19 heavy (non-hydrogen) atoms. The first-order chi connectivity index (χ1) is 8.98. The summed E-state index contributed by atoms with van der Waals surface area (Å²) >= 11 is 0. The lowest BCUT2D eigenvalue weighted by Gasteiger charge is -2.33.